The van der Waals surface area contributed by atoms with E-state index >= 15 is 0 Å². The second kappa shape index (κ2) is 11.4. The van der Waals surface area contributed by atoms with Gasteiger partial charge in [0.2, 0.25) is 0 Å². The molecular weight excluding hydrogens is 368 g/mol. The molecule has 2 amide bonds. The molecule has 156 valence electrons. The quantitative estimate of drug-likeness (QED) is 0.342. The van der Waals surface area contributed by atoms with Crippen molar-refractivity contribution in [3.63, 3.8) is 0 Å². The highest BCUT2D eigenvalue weighted by Gasteiger charge is 2.27. The molecule has 1 atom stereocenters. The molecule has 0 spiro atoms. The molecule has 1 fully saturated rings. The topological polar surface area (TPSA) is 56.4 Å². The summed E-state index contributed by atoms with van der Waals surface area (Å²) in [6, 6.07) is 0.0754. The van der Waals surface area contributed by atoms with Gasteiger partial charge in [0.25, 0.3) is 0 Å². The highest BCUT2D eigenvalue weighted by Crippen LogP contribution is 2.31. The molecule has 2 aliphatic carbocycles. The Morgan fingerprint density at radius 2 is 1.86 bits per heavy atom. The first-order chi connectivity index (χ1) is 13.7. The predicted octanol–water partition coefficient (Wildman–Crippen LogP) is 3.87. The van der Waals surface area contributed by atoms with Crippen LogP contribution in [0.3, 0.4) is 0 Å². The maximum atomic E-state index is 12.4. The number of hydrogen-bond acceptors (Lipinski definition) is 2. The number of nitrogens with zero attached hydrogens (tertiary/aromatic N) is 1. The van der Waals surface area contributed by atoms with Gasteiger partial charge in [-0.3, -0.25) is 0 Å². The van der Waals surface area contributed by atoms with E-state index in [0.717, 1.165) is 51.4 Å². The van der Waals surface area contributed by atoms with Crippen molar-refractivity contribution in [2.75, 3.05) is 32.7 Å². The minimum atomic E-state index is 0.0754. The van der Waals surface area contributed by atoms with Crippen LogP contribution in [0.1, 0.15) is 64.2 Å². The maximum absolute atomic E-state index is 12.4. The molecule has 1 aliphatic heterocycles. The Labute approximate surface area is 175 Å². The minimum absolute atomic E-state index is 0.0754. The van der Waals surface area contributed by atoms with Crippen LogP contribution in [-0.2, 0) is 0 Å². The number of allylic oxidation sites excluding steroid dienone is 2. The molecule has 3 N–H and O–H groups in total. The number of carbonyl (C=O) groups excluding carboxylic acids is 1. The molecule has 1 unspecified atom stereocenters. The van der Waals surface area contributed by atoms with E-state index in [2.05, 4.69) is 28.1 Å². The summed E-state index contributed by atoms with van der Waals surface area (Å²) in [5.41, 5.74) is 3.05. The molecule has 0 saturated carbocycles. The fourth-order valence-corrected chi connectivity index (χ4v) is 4.64. The van der Waals surface area contributed by atoms with Crippen LogP contribution in [0.25, 0.3) is 0 Å². The molecular formula is C22H36N4OS. The van der Waals surface area contributed by atoms with Crippen molar-refractivity contribution in [1.29, 1.82) is 0 Å². The highest BCUT2D eigenvalue weighted by atomic mass is 32.1. The molecule has 28 heavy (non-hydrogen) atoms. The van der Waals surface area contributed by atoms with Crippen molar-refractivity contribution in [2.45, 2.75) is 64.2 Å². The Balaban J connectivity index is 1.21. The molecule has 0 aromatic rings. The zero-order valence-electron chi connectivity index (χ0n) is 17.1. The maximum Gasteiger partial charge on any atom is 0.317 e. The van der Waals surface area contributed by atoms with Gasteiger partial charge in [-0.05, 0) is 82.3 Å². The number of carbonyl (C=O) groups is 1. The number of rotatable bonds is 7. The first-order valence-electron chi connectivity index (χ1n) is 11.1. The number of hydrogen-bond donors (Lipinski definition) is 3. The van der Waals surface area contributed by atoms with Gasteiger partial charge in [0.15, 0.2) is 5.11 Å². The monoisotopic (exact) mass is 404 g/mol. The van der Waals surface area contributed by atoms with Crippen LogP contribution >= 0.6 is 12.2 Å². The molecule has 1 heterocycles. The van der Waals surface area contributed by atoms with Crippen molar-refractivity contribution in [2.24, 2.45) is 5.92 Å². The summed E-state index contributed by atoms with van der Waals surface area (Å²) in [7, 11) is 0. The first kappa shape index (κ1) is 21.2. The van der Waals surface area contributed by atoms with Crippen LogP contribution in [0.4, 0.5) is 4.79 Å². The summed E-state index contributed by atoms with van der Waals surface area (Å²) >= 11 is 5.34. The van der Waals surface area contributed by atoms with Crippen LogP contribution in [0.2, 0.25) is 0 Å². The number of fused-ring (bicyclic) bond motifs is 1. The molecule has 0 aromatic carbocycles. The normalized spacial score (nSPS) is 21.9. The average molecular weight is 405 g/mol. The number of piperidine rings is 1. The molecule has 0 bridgehead atoms. The van der Waals surface area contributed by atoms with Crippen LogP contribution in [-0.4, -0.2) is 48.8 Å². The lowest BCUT2D eigenvalue weighted by Gasteiger charge is -2.36. The number of nitrogens with one attached hydrogen (secondary N) is 3. The van der Waals surface area contributed by atoms with Gasteiger partial charge in [-0.15, -0.1) is 0 Å². The molecule has 6 heteroatoms. The van der Waals surface area contributed by atoms with E-state index in [4.69, 9.17) is 12.2 Å². The Bertz CT molecular complexity index is 601. The molecule has 0 radical (unpaired) electrons. The molecule has 1 saturated heterocycles. The van der Waals surface area contributed by atoms with Crippen molar-refractivity contribution in [3.05, 3.63) is 23.3 Å². The second-order valence-corrected chi connectivity index (χ2v) is 8.65. The number of amides is 2. The Kier molecular flexibility index (Phi) is 8.65. The van der Waals surface area contributed by atoms with E-state index in [1.165, 1.54) is 50.5 Å². The molecule has 3 rings (SSSR count). The standard InChI is InChI=1S/C22H36N4OS/c27-22(26-16-12-19-9-4-5-10-20(19)17-26)25-14-6-13-23-21(28)24-15-11-18-7-2-1-3-8-18/h7,10,19H,1-6,8-9,11-17H2,(H,25,27)(H2,23,24,28). The first-order valence-corrected chi connectivity index (χ1v) is 11.5. The summed E-state index contributed by atoms with van der Waals surface area (Å²) in [6.07, 6.45) is 16.8. The van der Waals surface area contributed by atoms with E-state index in [1.54, 1.807) is 5.57 Å². The van der Waals surface area contributed by atoms with Crippen LogP contribution < -0.4 is 16.0 Å². The van der Waals surface area contributed by atoms with Crippen LogP contribution in [0, 0.1) is 5.92 Å². The second-order valence-electron chi connectivity index (χ2n) is 8.24. The summed E-state index contributed by atoms with van der Waals surface area (Å²) in [4.78, 5) is 14.4. The molecule has 5 nitrogen and oxygen atoms in total. The summed E-state index contributed by atoms with van der Waals surface area (Å²) in [5.74, 6) is 0.727. The SMILES string of the molecule is O=C(NCCCNC(=S)NCCC1=CCCCC1)N1CCC2CCCC=C2C1. The van der Waals surface area contributed by atoms with E-state index in [1.807, 2.05) is 4.90 Å². The smallest absolute Gasteiger partial charge is 0.317 e. The number of likely N-dealkylation sites (tertiary alicyclic amines) is 1. The van der Waals surface area contributed by atoms with Gasteiger partial charge < -0.3 is 20.9 Å². The third kappa shape index (κ3) is 6.80. The number of thiocarbonyl (C=S) groups is 1. The molecule has 0 aromatic heterocycles. The fraction of sp³-hybridized carbons (Fsp3) is 0.727. The van der Waals surface area contributed by atoms with Gasteiger partial charge in [0, 0.05) is 32.7 Å². The summed E-state index contributed by atoms with van der Waals surface area (Å²) in [6.45, 7) is 4.07. The minimum Gasteiger partial charge on any atom is -0.363 e. The lowest BCUT2D eigenvalue weighted by molar-refractivity contribution is 0.186. The van der Waals surface area contributed by atoms with E-state index in [-0.39, 0.29) is 6.03 Å². The Morgan fingerprint density at radius 3 is 2.71 bits per heavy atom. The lowest BCUT2D eigenvalue weighted by Crippen LogP contribution is -2.46. The summed E-state index contributed by atoms with van der Waals surface area (Å²) < 4.78 is 0. The zero-order chi connectivity index (χ0) is 19.6. The van der Waals surface area contributed by atoms with Crippen molar-refractivity contribution in [3.8, 4) is 0 Å². The van der Waals surface area contributed by atoms with Crippen LogP contribution in [0.15, 0.2) is 23.3 Å². The number of urea groups is 1. The van der Waals surface area contributed by atoms with Crippen molar-refractivity contribution in [1.82, 2.24) is 20.9 Å². The Morgan fingerprint density at radius 1 is 1.04 bits per heavy atom. The van der Waals surface area contributed by atoms with Gasteiger partial charge >= 0.3 is 6.03 Å². The highest BCUT2D eigenvalue weighted by molar-refractivity contribution is 7.80. The van der Waals surface area contributed by atoms with Gasteiger partial charge in [-0.25, -0.2) is 4.79 Å². The van der Waals surface area contributed by atoms with Gasteiger partial charge in [-0.2, -0.15) is 0 Å². The van der Waals surface area contributed by atoms with E-state index in [0.29, 0.717) is 11.7 Å². The van der Waals surface area contributed by atoms with Gasteiger partial charge in [0.1, 0.15) is 0 Å². The lowest BCUT2D eigenvalue weighted by atomic mass is 9.82. The summed E-state index contributed by atoms with van der Waals surface area (Å²) in [5, 5.41) is 10.3. The van der Waals surface area contributed by atoms with Gasteiger partial charge in [-0.1, -0.05) is 23.3 Å². The van der Waals surface area contributed by atoms with Crippen LogP contribution in [0.5, 0.6) is 0 Å². The van der Waals surface area contributed by atoms with E-state index in [9.17, 15) is 4.79 Å². The zero-order valence-corrected chi connectivity index (χ0v) is 17.9. The largest absolute Gasteiger partial charge is 0.363 e. The van der Waals surface area contributed by atoms with Crippen molar-refractivity contribution < 1.29 is 4.79 Å². The Hall–Kier alpha value is -1.56. The third-order valence-corrected chi connectivity index (χ3v) is 6.42. The fourth-order valence-electron chi connectivity index (χ4n) is 4.44. The average Bonchev–Trinajstić information content (AvgIpc) is 2.73. The third-order valence-electron chi connectivity index (χ3n) is 6.13. The predicted molar refractivity (Wildman–Crippen MR) is 119 cm³/mol. The molecule has 3 aliphatic rings. The van der Waals surface area contributed by atoms with Gasteiger partial charge in [0.05, 0.1) is 0 Å². The van der Waals surface area contributed by atoms with Crippen molar-refractivity contribution >= 4 is 23.4 Å². The van der Waals surface area contributed by atoms with E-state index < -0.39 is 0 Å².